The number of likely N-dealkylation sites (tertiary alicyclic amines) is 1. The van der Waals surface area contributed by atoms with E-state index in [4.69, 9.17) is 4.74 Å². The zero-order valence-corrected chi connectivity index (χ0v) is 13.0. The molecular formula is C15H29N3O2. The Morgan fingerprint density at radius 3 is 2.50 bits per heavy atom. The van der Waals surface area contributed by atoms with Crippen LogP contribution in [0.25, 0.3) is 0 Å². The van der Waals surface area contributed by atoms with Gasteiger partial charge >= 0.3 is 0 Å². The lowest BCUT2D eigenvalue weighted by molar-refractivity contribution is -0.137. The van der Waals surface area contributed by atoms with E-state index in [0.29, 0.717) is 5.91 Å². The fourth-order valence-corrected chi connectivity index (χ4v) is 3.06. The zero-order chi connectivity index (χ0) is 14.4. The zero-order valence-electron chi connectivity index (χ0n) is 13.0. The number of carbonyl (C=O) groups excluding carboxylic acids is 1. The topological polar surface area (TPSA) is 36.0 Å². The van der Waals surface area contributed by atoms with Crippen molar-refractivity contribution in [3.63, 3.8) is 0 Å². The molecule has 116 valence electrons. The molecule has 2 heterocycles. The molecule has 1 atom stereocenters. The van der Waals surface area contributed by atoms with Gasteiger partial charge in [-0.3, -0.25) is 14.6 Å². The molecule has 0 spiro atoms. The van der Waals surface area contributed by atoms with Gasteiger partial charge in [0.05, 0.1) is 12.6 Å². The average Bonchev–Trinajstić information content (AvgIpc) is 2.90. The van der Waals surface area contributed by atoms with Crippen molar-refractivity contribution in [3.8, 4) is 0 Å². The summed E-state index contributed by atoms with van der Waals surface area (Å²) >= 11 is 0. The number of likely N-dealkylation sites (N-methyl/N-ethyl adjacent to an activating group) is 1. The summed E-state index contributed by atoms with van der Waals surface area (Å²) in [6.07, 6.45) is 3.26. The summed E-state index contributed by atoms with van der Waals surface area (Å²) in [5, 5.41) is 0. The summed E-state index contributed by atoms with van der Waals surface area (Å²) in [5.41, 5.74) is 0. The van der Waals surface area contributed by atoms with Crippen LogP contribution in [0.3, 0.4) is 0 Å². The fraction of sp³-hybridized carbons (Fsp3) is 0.933. The number of hydrogen-bond acceptors (Lipinski definition) is 4. The molecule has 2 rings (SSSR count). The van der Waals surface area contributed by atoms with Gasteiger partial charge in [0, 0.05) is 39.3 Å². The molecule has 0 bridgehead atoms. The van der Waals surface area contributed by atoms with Crippen LogP contribution >= 0.6 is 0 Å². The SMILES string of the molecule is CCCOCCN1CCN(C(=O)[C@@H]2CCCN2C)CC1. The van der Waals surface area contributed by atoms with Crippen LogP contribution in [0.5, 0.6) is 0 Å². The van der Waals surface area contributed by atoms with Crippen molar-refractivity contribution in [2.45, 2.75) is 32.2 Å². The van der Waals surface area contributed by atoms with Crippen LogP contribution in [0.15, 0.2) is 0 Å². The Bertz CT molecular complexity index is 303. The van der Waals surface area contributed by atoms with E-state index in [9.17, 15) is 4.79 Å². The van der Waals surface area contributed by atoms with Crippen molar-refractivity contribution in [1.29, 1.82) is 0 Å². The van der Waals surface area contributed by atoms with Crippen LogP contribution < -0.4 is 0 Å². The number of rotatable bonds is 6. The highest BCUT2D eigenvalue weighted by Gasteiger charge is 2.32. The normalized spacial score (nSPS) is 25.3. The summed E-state index contributed by atoms with van der Waals surface area (Å²) in [6.45, 7) is 9.56. The van der Waals surface area contributed by atoms with E-state index in [2.05, 4.69) is 28.7 Å². The van der Waals surface area contributed by atoms with Crippen LogP contribution in [0.2, 0.25) is 0 Å². The van der Waals surface area contributed by atoms with Gasteiger partial charge in [0.2, 0.25) is 5.91 Å². The summed E-state index contributed by atoms with van der Waals surface area (Å²) in [6, 6.07) is 0.134. The molecule has 2 aliphatic rings. The van der Waals surface area contributed by atoms with Gasteiger partial charge in [-0.1, -0.05) is 6.92 Å². The largest absolute Gasteiger partial charge is 0.380 e. The van der Waals surface area contributed by atoms with E-state index < -0.39 is 0 Å². The van der Waals surface area contributed by atoms with E-state index in [1.807, 2.05) is 0 Å². The molecule has 5 nitrogen and oxygen atoms in total. The van der Waals surface area contributed by atoms with Crippen molar-refractivity contribution in [1.82, 2.24) is 14.7 Å². The van der Waals surface area contributed by atoms with Gasteiger partial charge in [-0.25, -0.2) is 0 Å². The predicted octanol–water partition coefficient (Wildman–Crippen LogP) is 0.651. The van der Waals surface area contributed by atoms with Crippen LogP contribution in [-0.2, 0) is 9.53 Å². The Labute approximate surface area is 122 Å². The maximum absolute atomic E-state index is 12.5. The Balaban J connectivity index is 1.67. The van der Waals surface area contributed by atoms with Crippen molar-refractivity contribution < 1.29 is 9.53 Å². The van der Waals surface area contributed by atoms with E-state index in [0.717, 1.165) is 71.7 Å². The first kappa shape index (κ1) is 15.7. The molecule has 1 amide bonds. The maximum Gasteiger partial charge on any atom is 0.240 e. The first-order chi connectivity index (χ1) is 9.72. The van der Waals surface area contributed by atoms with Crippen LogP contribution in [0, 0.1) is 0 Å². The molecule has 20 heavy (non-hydrogen) atoms. The van der Waals surface area contributed by atoms with Crippen molar-refractivity contribution in [2.75, 3.05) is 59.5 Å². The van der Waals surface area contributed by atoms with E-state index in [1.165, 1.54) is 0 Å². The summed E-state index contributed by atoms with van der Waals surface area (Å²) < 4.78 is 5.53. The smallest absolute Gasteiger partial charge is 0.240 e. The van der Waals surface area contributed by atoms with Crippen LogP contribution in [0.1, 0.15) is 26.2 Å². The monoisotopic (exact) mass is 283 g/mol. The van der Waals surface area contributed by atoms with Gasteiger partial charge in [-0.05, 0) is 32.9 Å². The molecular weight excluding hydrogens is 254 g/mol. The second-order valence-electron chi connectivity index (χ2n) is 5.92. The maximum atomic E-state index is 12.5. The van der Waals surface area contributed by atoms with Gasteiger partial charge in [0.1, 0.15) is 0 Å². The minimum Gasteiger partial charge on any atom is -0.380 e. The minimum absolute atomic E-state index is 0.134. The number of carbonyl (C=O) groups is 1. The molecule has 2 aliphatic heterocycles. The predicted molar refractivity (Wildman–Crippen MR) is 79.8 cm³/mol. The average molecular weight is 283 g/mol. The van der Waals surface area contributed by atoms with Gasteiger partial charge in [0.25, 0.3) is 0 Å². The highest BCUT2D eigenvalue weighted by atomic mass is 16.5. The van der Waals surface area contributed by atoms with Crippen LogP contribution in [-0.4, -0.2) is 86.2 Å². The molecule has 0 unspecified atom stereocenters. The third kappa shape index (κ3) is 4.17. The molecule has 2 fully saturated rings. The number of piperazine rings is 1. The lowest BCUT2D eigenvalue weighted by atomic mass is 10.1. The molecule has 2 saturated heterocycles. The summed E-state index contributed by atoms with van der Waals surface area (Å²) in [4.78, 5) is 19.1. The Hall–Kier alpha value is -0.650. The number of nitrogens with zero attached hydrogens (tertiary/aromatic N) is 3. The van der Waals surface area contributed by atoms with Gasteiger partial charge in [-0.15, -0.1) is 0 Å². The lowest BCUT2D eigenvalue weighted by Crippen LogP contribution is -2.53. The van der Waals surface area contributed by atoms with E-state index in [1.54, 1.807) is 0 Å². The number of amides is 1. The number of hydrogen-bond donors (Lipinski definition) is 0. The highest BCUT2D eigenvalue weighted by molar-refractivity contribution is 5.82. The van der Waals surface area contributed by atoms with E-state index >= 15 is 0 Å². The molecule has 0 N–H and O–H groups in total. The number of ether oxygens (including phenoxy) is 1. The molecule has 5 heteroatoms. The summed E-state index contributed by atoms with van der Waals surface area (Å²) in [7, 11) is 2.07. The first-order valence-corrected chi connectivity index (χ1v) is 8.01. The Kier molecular flexibility index (Phi) is 6.26. The minimum atomic E-state index is 0.134. The van der Waals surface area contributed by atoms with Crippen LogP contribution in [0.4, 0.5) is 0 Å². The van der Waals surface area contributed by atoms with Crippen molar-refractivity contribution in [2.24, 2.45) is 0 Å². The Morgan fingerprint density at radius 2 is 1.90 bits per heavy atom. The van der Waals surface area contributed by atoms with Crippen molar-refractivity contribution in [3.05, 3.63) is 0 Å². The second-order valence-corrected chi connectivity index (χ2v) is 5.92. The van der Waals surface area contributed by atoms with Gasteiger partial charge < -0.3 is 9.64 Å². The molecule has 0 aromatic rings. The molecule has 0 aromatic carbocycles. The molecule has 0 saturated carbocycles. The van der Waals surface area contributed by atoms with Gasteiger partial charge in [0.15, 0.2) is 0 Å². The second kappa shape index (κ2) is 7.96. The fourth-order valence-electron chi connectivity index (χ4n) is 3.06. The molecule has 0 aliphatic carbocycles. The van der Waals surface area contributed by atoms with E-state index in [-0.39, 0.29) is 6.04 Å². The molecule has 0 radical (unpaired) electrons. The third-order valence-corrected chi connectivity index (χ3v) is 4.39. The first-order valence-electron chi connectivity index (χ1n) is 8.01. The molecule has 0 aromatic heterocycles. The summed E-state index contributed by atoms with van der Waals surface area (Å²) in [5.74, 6) is 0.340. The quantitative estimate of drug-likeness (QED) is 0.671. The Morgan fingerprint density at radius 1 is 1.15 bits per heavy atom. The van der Waals surface area contributed by atoms with Crippen molar-refractivity contribution >= 4 is 5.91 Å². The lowest BCUT2D eigenvalue weighted by Gasteiger charge is -2.36. The standard InChI is InChI=1S/C15H29N3O2/c1-3-12-20-13-11-17-7-9-18(10-8-17)15(19)14-5-4-6-16(14)2/h14H,3-13H2,1-2H3/t14-/m0/s1. The highest BCUT2D eigenvalue weighted by Crippen LogP contribution is 2.18. The van der Waals surface area contributed by atoms with Gasteiger partial charge in [-0.2, -0.15) is 0 Å². The third-order valence-electron chi connectivity index (χ3n) is 4.39.